The molecular weight excluding hydrogens is 318 g/mol. The van der Waals surface area contributed by atoms with Gasteiger partial charge in [-0.1, -0.05) is 18.2 Å². The van der Waals surface area contributed by atoms with E-state index in [-0.39, 0.29) is 28.6 Å². The number of hydrogen-bond acceptors (Lipinski definition) is 6. The second kappa shape index (κ2) is 6.68. The number of piperidine rings is 1. The number of nitrogens with zero attached hydrogens (tertiary/aromatic N) is 3. The summed E-state index contributed by atoms with van der Waals surface area (Å²) in [5, 5.41) is 28.7. The first-order valence-electron chi connectivity index (χ1n) is 7.95. The monoisotopic (exact) mass is 335 g/mol. The fraction of sp³-hybridized carbons (Fsp3) is 0.278. The summed E-state index contributed by atoms with van der Waals surface area (Å²) in [6, 6.07) is 11.2. The van der Waals surface area contributed by atoms with Gasteiger partial charge in [0.15, 0.2) is 0 Å². The Morgan fingerprint density at radius 1 is 1.16 bits per heavy atom. The van der Waals surface area contributed by atoms with Gasteiger partial charge in [-0.25, -0.2) is 0 Å². The van der Waals surface area contributed by atoms with Gasteiger partial charge in [-0.15, -0.1) is 0 Å². The van der Waals surface area contributed by atoms with Crippen molar-refractivity contribution in [2.24, 2.45) is 0 Å². The zero-order valence-corrected chi connectivity index (χ0v) is 13.5. The Hall–Kier alpha value is -3.29. The summed E-state index contributed by atoms with van der Waals surface area (Å²) < 4.78 is 0. The van der Waals surface area contributed by atoms with E-state index in [4.69, 9.17) is 5.73 Å². The summed E-state index contributed by atoms with van der Waals surface area (Å²) in [5.74, 6) is -0.0506. The normalized spacial score (nSPS) is 14.8. The van der Waals surface area contributed by atoms with Gasteiger partial charge in [-0.3, -0.25) is 4.79 Å². The maximum absolute atomic E-state index is 12.1. The number of nitrogen functional groups attached to an aromatic ring is 1. The Morgan fingerprint density at radius 3 is 2.44 bits per heavy atom. The Bertz CT molecular complexity index is 943. The zero-order valence-electron chi connectivity index (χ0n) is 13.5. The number of benzene rings is 1. The second-order valence-electron chi connectivity index (χ2n) is 5.95. The summed E-state index contributed by atoms with van der Waals surface area (Å²) >= 11 is 0. The number of aromatic nitrogens is 1. The van der Waals surface area contributed by atoms with Crippen LogP contribution in [0.3, 0.4) is 0 Å². The van der Waals surface area contributed by atoms with Crippen LogP contribution in [-0.4, -0.2) is 29.3 Å². The molecule has 0 atom stereocenters. The van der Waals surface area contributed by atoms with Crippen LogP contribution in [0.15, 0.2) is 29.1 Å². The topological polar surface area (TPSA) is 130 Å². The number of nitrogens with one attached hydrogen (secondary N) is 1. The van der Waals surface area contributed by atoms with Crippen molar-refractivity contribution in [3.63, 3.8) is 0 Å². The van der Waals surface area contributed by atoms with Crippen molar-refractivity contribution in [2.45, 2.75) is 18.9 Å². The van der Waals surface area contributed by atoms with Crippen LogP contribution in [0, 0.1) is 22.7 Å². The predicted molar refractivity (Wildman–Crippen MR) is 93.8 cm³/mol. The molecule has 0 aliphatic carbocycles. The molecule has 7 nitrogen and oxygen atoms in total. The lowest BCUT2D eigenvalue weighted by molar-refractivity contribution is 0.145. The highest BCUT2D eigenvalue weighted by Crippen LogP contribution is 2.36. The zero-order chi connectivity index (χ0) is 18.0. The van der Waals surface area contributed by atoms with E-state index in [1.54, 1.807) is 12.1 Å². The number of pyridine rings is 1. The molecule has 2 heterocycles. The average molecular weight is 335 g/mol. The van der Waals surface area contributed by atoms with Crippen LogP contribution in [0.1, 0.15) is 24.0 Å². The molecule has 7 heteroatoms. The Morgan fingerprint density at radius 2 is 1.80 bits per heavy atom. The predicted octanol–water partition coefficient (Wildman–Crippen LogP) is 1.33. The lowest BCUT2D eigenvalue weighted by atomic mass is 9.94. The number of rotatable bonds is 2. The third-order valence-corrected chi connectivity index (χ3v) is 4.45. The van der Waals surface area contributed by atoms with Crippen molar-refractivity contribution < 1.29 is 5.11 Å². The standard InChI is InChI=1S/C18H17N5O2/c19-9-13-16(14(10-20)18(25)22-17(13)21)12-3-1-2-4-15(12)23-7-5-11(24)6-8-23/h1-4,11,24H,5-8H2,(H3,21,22,25). The van der Waals surface area contributed by atoms with Gasteiger partial charge in [0.05, 0.1) is 6.10 Å². The van der Waals surface area contributed by atoms with Crippen LogP contribution in [0.5, 0.6) is 0 Å². The molecule has 1 aromatic heterocycles. The van der Waals surface area contributed by atoms with Gasteiger partial charge < -0.3 is 20.7 Å². The number of aliphatic hydroxyl groups is 1. The Labute approximate surface area is 144 Å². The molecule has 1 fully saturated rings. The van der Waals surface area contributed by atoms with Crippen LogP contribution in [0.2, 0.25) is 0 Å². The van der Waals surface area contributed by atoms with Crippen molar-refractivity contribution in [1.82, 2.24) is 4.98 Å². The van der Waals surface area contributed by atoms with Crippen LogP contribution >= 0.6 is 0 Å². The lowest BCUT2D eigenvalue weighted by Crippen LogP contribution is -2.36. The van der Waals surface area contributed by atoms with Crippen LogP contribution in [-0.2, 0) is 0 Å². The van der Waals surface area contributed by atoms with Gasteiger partial charge in [0.2, 0.25) is 0 Å². The highest BCUT2D eigenvalue weighted by Gasteiger charge is 2.24. The highest BCUT2D eigenvalue weighted by atomic mass is 16.3. The summed E-state index contributed by atoms with van der Waals surface area (Å²) in [6.07, 6.45) is 0.965. The van der Waals surface area contributed by atoms with Crippen molar-refractivity contribution >= 4 is 11.5 Å². The number of para-hydroxylation sites is 1. The third-order valence-electron chi connectivity index (χ3n) is 4.45. The van der Waals surface area contributed by atoms with Gasteiger partial charge in [-0.2, -0.15) is 10.5 Å². The van der Waals surface area contributed by atoms with Gasteiger partial charge in [-0.05, 0) is 18.9 Å². The van der Waals surface area contributed by atoms with E-state index < -0.39 is 5.56 Å². The van der Waals surface area contributed by atoms with Crippen molar-refractivity contribution in [1.29, 1.82) is 10.5 Å². The number of aliphatic hydroxyl groups excluding tert-OH is 1. The molecule has 2 aromatic rings. The molecule has 1 saturated heterocycles. The maximum atomic E-state index is 12.1. The molecule has 0 spiro atoms. The SMILES string of the molecule is N#Cc1c(N)[nH]c(=O)c(C#N)c1-c1ccccc1N1CCC(O)CC1. The molecule has 1 aliphatic rings. The van der Waals surface area contributed by atoms with E-state index >= 15 is 0 Å². The molecule has 1 aromatic carbocycles. The van der Waals surface area contributed by atoms with Gasteiger partial charge in [0, 0.05) is 29.9 Å². The molecule has 25 heavy (non-hydrogen) atoms. The fourth-order valence-electron chi connectivity index (χ4n) is 3.18. The van der Waals surface area contributed by atoms with Crippen molar-refractivity contribution in [3.05, 3.63) is 45.7 Å². The van der Waals surface area contributed by atoms with Gasteiger partial charge in [0.25, 0.3) is 5.56 Å². The van der Waals surface area contributed by atoms with E-state index in [9.17, 15) is 20.4 Å². The molecular formula is C18H17N5O2. The molecule has 0 saturated carbocycles. The number of nitrogens with two attached hydrogens (primary N) is 1. The van der Waals surface area contributed by atoms with E-state index in [0.717, 1.165) is 5.69 Å². The van der Waals surface area contributed by atoms with Crippen LogP contribution < -0.4 is 16.2 Å². The minimum absolute atomic E-state index is 0.0506. The highest BCUT2D eigenvalue weighted by molar-refractivity contribution is 5.87. The first-order valence-corrected chi connectivity index (χ1v) is 7.95. The van der Waals surface area contributed by atoms with Gasteiger partial charge in [0.1, 0.15) is 29.1 Å². The maximum Gasteiger partial charge on any atom is 0.268 e. The van der Waals surface area contributed by atoms with Crippen molar-refractivity contribution in [2.75, 3.05) is 23.7 Å². The Kier molecular flexibility index (Phi) is 4.42. The smallest absolute Gasteiger partial charge is 0.268 e. The summed E-state index contributed by atoms with van der Waals surface area (Å²) in [6.45, 7) is 1.31. The first-order chi connectivity index (χ1) is 12.1. The average Bonchev–Trinajstić information content (AvgIpc) is 2.62. The quantitative estimate of drug-likeness (QED) is 0.759. The number of hydrogen-bond donors (Lipinski definition) is 3. The van der Waals surface area contributed by atoms with E-state index in [1.165, 1.54) is 0 Å². The van der Waals surface area contributed by atoms with E-state index in [2.05, 4.69) is 9.88 Å². The molecule has 0 radical (unpaired) electrons. The fourth-order valence-corrected chi connectivity index (χ4v) is 3.18. The molecule has 0 bridgehead atoms. The molecule has 3 rings (SSSR count). The van der Waals surface area contributed by atoms with Crippen LogP contribution in [0.4, 0.5) is 11.5 Å². The minimum atomic E-state index is -0.613. The Balaban J connectivity index is 2.24. The molecule has 126 valence electrons. The lowest BCUT2D eigenvalue weighted by Gasteiger charge is -2.33. The third kappa shape index (κ3) is 2.93. The minimum Gasteiger partial charge on any atom is -0.393 e. The van der Waals surface area contributed by atoms with Crippen molar-refractivity contribution in [3.8, 4) is 23.3 Å². The first kappa shape index (κ1) is 16.6. The number of aromatic amines is 1. The molecule has 1 aliphatic heterocycles. The summed E-state index contributed by atoms with van der Waals surface area (Å²) in [7, 11) is 0. The molecule has 0 amide bonds. The number of anilines is 2. The van der Waals surface area contributed by atoms with Gasteiger partial charge >= 0.3 is 0 Å². The summed E-state index contributed by atoms with van der Waals surface area (Å²) in [4.78, 5) is 16.6. The largest absolute Gasteiger partial charge is 0.393 e. The van der Waals surface area contributed by atoms with E-state index in [1.807, 2.05) is 24.3 Å². The second-order valence-corrected chi connectivity index (χ2v) is 5.95. The number of nitriles is 2. The number of H-pyrrole nitrogens is 1. The van der Waals surface area contributed by atoms with Crippen LogP contribution in [0.25, 0.3) is 11.1 Å². The van der Waals surface area contributed by atoms with E-state index in [0.29, 0.717) is 31.5 Å². The molecule has 4 N–H and O–H groups in total. The molecule has 0 unspecified atom stereocenters. The summed E-state index contributed by atoms with van der Waals surface area (Å²) in [5.41, 5.74) is 6.83.